The monoisotopic (exact) mass is 728 g/mol. The molecule has 0 radical (unpaired) electrons. The van der Waals surface area contributed by atoms with E-state index in [2.05, 4.69) is 156 Å². The van der Waals surface area contributed by atoms with Gasteiger partial charge in [-0.1, -0.05) is 133 Å². The fourth-order valence-electron chi connectivity index (χ4n) is 4.11. The van der Waals surface area contributed by atoms with Crippen LogP contribution in [0.5, 0.6) is 0 Å². The van der Waals surface area contributed by atoms with Gasteiger partial charge in [-0.25, -0.2) is 0 Å². The first-order valence-corrected chi connectivity index (χ1v) is 17.2. The van der Waals surface area contributed by atoms with Crippen molar-refractivity contribution in [2.75, 3.05) is 0 Å². The molecule has 0 unspecified atom stereocenters. The Bertz CT molecular complexity index is 1430. The van der Waals surface area contributed by atoms with E-state index < -0.39 is 26.2 Å². The summed E-state index contributed by atoms with van der Waals surface area (Å²) in [5.41, 5.74) is 2.30. The number of hydrogen-bond acceptors (Lipinski definition) is 6. The van der Waals surface area contributed by atoms with Crippen LogP contribution in [0, 0.1) is 0 Å². The van der Waals surface area contributed by atoms with E-state index in [1.165, 1.54) is 21.2 Å². The smallest absolute Gasteiger partial charge is 0.759 e. The third-order valence-electron chi connectivity index (χ3n) is 5.81. The molecule has 4 aromatic carbocycles. The molecule has 10 heteroatoms. The molecule has 6 nitrogen and oxygen atoms in total. The normalized spacial score (nSPS) is 10.5. The van der Waals surface area contributed by atoms with Crippen LogP contribution in [0.4, 0.5) is 0 Å². The number of nitrogens with zero attached hydrogens (tertiary/aromatic N) is 2. The molecule has 0 aliphatic carbocycles. The molecule has 44 heavy (non-hydrogen) atoms. The van der Waals surface area contributed by atoms with Crippen molar-refractivity contribution in [3.8, 4) is 0 Å². The molecule has 2 aromatic heterocycles. The van der Waals surface area contributed by atoms with Gasteiger partial charge in [0.2, 0.25) is 0 Å². The fourth-order valence-corrected chi connectivity index (χ4v) is 8.48. The number of benzene rings is 4. The van der Waals surface area contributed by atoms with Crippen LogP contribution < -0.4 is 32.1 Å². The molecule has 0 aliphatic rings. The van der Waals surface area contributed by atoms with E-state index in [-0.39, 0.29) is 20.4 Å². The van der Waals surface area contributed by atoms with Crippen LogP contribution in [0.3, 0.4) is 0 Å². The third-order valence-corrected chi connectivity index (χ3v) is 10.5. The number of rotatable bonds is 6. The zero-order valence-corrected chi connectivity index (χ0v) is 27.5. The maximum absolute atomic E-state index is 8.52. The first-order valence-electron chi connectivity index (χ1n) is 13.2. The van der Waals surface area contributed by atoms with E-state index in [9.17, 15) is 0 Å². The van der Waals surface area contributed by atoms with Crippen molar-refractivity contribution < 1.29 is 37.9 Å². The summed E-state index contributed by atoms with van der Waals surface area (Å²) < 4.78 is 34.1. The van der Waals surface area contributed by atoms with Gasteiger partial charge in [0.1, 0.15) is 0 Å². The summed E-state index contributed by atoms with van der Waals surface area (Å²) in [6.45, 7) is 0. The Morgan fingerprint density at radius 2 is 0.636 bits per heavy atom. The maximum Gasteiger partial charge on any atom is 2.00 e. The summed E-state index contributed by atoms with van der Waals surface area (Å²) in [5.74, 6) is 0. The van der Waals surface area contributed by atoms with Gasteiger partial charge in [0, 0.05) is 38.6 Å². The quantitative estimate of drug-likeness (QED) is 0.109. The van der Waals surface area contributed by atoms with E-state index >= 15 is 0 Å². The maximum atomic E-state index is 8.52. The van der Waals surface area contributed by atoms with Crippen LogP contribution in [0.1, 0.15) is 0 Å². The van der Waals surface area contributed by atoms with Gasteiger partial charge in [-0.2, -0.15) is 0 Å². The summed E-state index contributed by atoms with van der Waals surface area (Å²) >= 11 is 0. The molecule has 0 fully saturated rings. The number of hydrogen-bond donors (Lipinski definition) is 0. The first kappa shape index (κ1) is 35.1. The van der Waals surface area contributed by atoms with Gasteiger partial charge in [-0.15, -0.1) is 0 Å². The average molecular weight is 729 g/mol. The second kappa shape index (κ2) is 18.4. The van der Waals surface area contributed by atoms with E-state index in [0.717, 1.165) is 10.9 Å². The number of aromatic nitrogens is 2. The minimum Gasteiger partial charge on any atom is -0.759 e. The average Bonchev–Trinajstić information content (AvgIpc) is 3.04. The Morgan fingerprint density at radius 1 is 0.409 bits per heavy atom. The van der Waals surface area contributed by atoms with Crippen LogP contribution >= 0.6 is 15.8 Å². The molecule has 0 spiro atoms. The molecule has 6 aromatic rings. The Balaban J connectivity index is 0.000000205. The summed E-state index contributed by atoms with van der Waals surface area (Å²) in [6.07, 6.45) is 3.74. The third kappa shape index (κ3) is 11.6. The second-order valence-electron chi connectivity index (χ2n) is 8.80. The van der Waals surface area contributed by atoms with Crippen molar-refractivity contribution in [1.82, 2.24) is 9.97 Å². The molecule has 224 valence electrons. The van der Waals surface area contributed by atoms with Crippen LogP contribution in [-0.2, 0) is 30.8 Å². The Kier molecular flexibility index (Phi) is 14.7. The minimum atomic E-state index is -5.17. The predicted molar refractivity (Wildman–Crippen MR) is 176 cm³/mol. The van der Waals surface area contributed by atoms with Gasteiger partial charge >= 0.3 is 20.4 Å². The van der Waals surface area contributed by atoms with Crippen molar-refractivity contribution in [2.45, 2.75) is 0 Å². The van der Waals surface area contributed by atoms with E-state index in [4.69, 9.17) is 17.5 Å². The summed E-state index contributed by atoms with van der Waals surface area (Å²) in [5, 5.41) is 5.34. The van der Waals surface area contributed by atoms with Gasteiger partial charge in [-0.05, 0) is 45.5 Å². The van der Waals surface area contributed by atoms with Crippen LogP contribution in [-0.4, -0.2) is 27.5 Å². The second-order valence-corrected chi connectivity index (χ2v) is 13.9. The van der Waals surface area contributed by atoms with Crippen LogP contribution in [0.25, 0.3) is 0 Å². The Morgan fingerprint density at radius 3 is 0.841 bits per heavy atom. The van der Waals surface area contributed by atoms with Crippen LogP contribution in [0.2, 0.25) is 0 Å². The van der Waals surface area contributed by atoms with Crippen molar-refractivity contribution >= 4 is 58.3 Å². The molecule has 0 aliphatic heterocycles. The van der Waals surface area contributed by atoms with Gasteiger partial charge in [0.25, 0.3) is 0 Å². The molecule has 0 bridgehead atoms. The van der Waals surface area contributed by atoms with Crippen molar-refractivity contribution in [3.05, 3.63) is 170 Å². The standard InChI is InChI=1S/2C17H14NP.H2O4S.Pd/c2*1-3-9-15(10-4-1)19(16-11-5-2-6-12-16)17-13-7-8-14-18-17;1-5(2,3)4;/h2*1-14H;(H2,1,2,3,4);/q;;;+2/p-2. The molecule has 0 saturated heterocycles. The van der Waals surface area contributed by atoms with Crippen molar-refractivity contribution in [3.63, 3.8) is 0 Å². The number of pyridine rings is 2. The van der Waals surface area contributed by atoms with Gasteiger partial charge in [0.05, 0.1) is 10.9 Å². The molecule has 0 N–H and O–H groups in total. The summed E-state index contributed by atoms with van der Waals surface area (Å²) in [6, 6.07) is 54.8. The van der Waals surface area contributed by atoms with Gasteiger partial charge in [-0.3, -0.25) is 18.4 Å². The fraction of sp³-hybridized carbons (Fsp3) is 0. The van der Waals surface area contributed by atoms with Gasteiger partial charge < -0.3 is 9.11 Å². The zero-order chi connectivity index (χ0) is 30.3. The molecule has 0 amide bonds. The topological polar surface area (TPSA) is 106 Å². The SMILES string of the molecule is O=S(=O)([O-])[O-].[Pd+2].c1ccc(P(c2ccccc2)c2ccccn2)cc1.c1ccc(P(c2ccccc2)c2ccccn2)cc1. The molecule has 0 atom stereocenters. The van der Waals surface area contributed by atoms with Crippen molar-refractivity contribution in [1.29, 1.82) is 0 Å². The summed E-state index contributed by atoms with van der Waals surface area (Å²) in [4.78, 5) is 9.12. The molecule has 0 saturated carbocycles. The molecular weight excluding hydrogens is 701 g/mol. The van der Waals surface area contributed by atoms with E-state index in [0.29, 0.717) is 0 Å². The predicted octanol–water partition coefficient (Wildman–Crippen LogP) is 4.34. The molecule has 2 heterocycles. The van der Waals surface area contributed by atoms with Crippen molar-refractivity contribution in [2.24, 2.45) is 0 Å². The largest absolute Gasteiger partial charge is 2.00 e. The van der Waals surface area contributed by atoms with E-state index in [1.54, 1.807) is 0 Å². The molecular formula is C34H28N2O4P2PdS. The van der Waals surface area contributed by atoms with Crippen LogP contribution in [0.15, 0.2) is 170 Å². The van der Waals surface area contributed by atoms with E-state index in [1.807, 2.05) is 24.5 Å². The van der Waals surface area contributed by atoms with Gasteiger partial charge in [0.15, 0.2) is 0 Å². The first-order chi connectivity index (χ1) is 20.9. The molecule has 6 rings (SSSR count). The Labute approximate surface area is 275 Å². The zero-order valence-electron chi connectivity index (χ0n) is 23.3. The Hall–Kier alpha value is -3.43. The summed E-state index contributed by atoms with van der Waals surface area (Å²) in [7, 11) is -6.28. The minimum absolute atomic E-state index is 0.